The minimum atomic E-state index is 0. The second-order valence-corrected chi connectivity index (χ2v) is 6.60. The van der Waals surface area contributed by atoms with Crippen molar-refractivity contribution in [2.75, 3.05) is 0 Å². The van der Waals surface area contributed by atoms with Gasteiger partial charge in [0.2, 0.25) is 0 Å². The first kappa shape index (κ1) is 21.6. The predicted octanol–water partition coefficient (Wildman–Crippen LogP) is 6.56. The number of rotatable bonds is 2. The zero-order chi connectivity index (χ0) is 19.9. The first-order valence-electron chi connectivity index (χ1n) is 9.52. The number of hydrogen-bond donors (Lipinski definition) is 0. The van der Waals surface area contributed by atoms with Crippen molar-refractivity contribution in [1.82, 2.24) is 9.97 Å². The van der Waals surface area contributed by atoms with Crippen molar-refractivity contribution < 1.29 is 20.1 Å². The Labute approximate surface area is 191 Å². The van der Waals surface area contributed by atoms with Gasteiger partial charge in [-0.25, -0.2) is 0 Å². The van der Waals surface area contributed by atoms with E-state index in [0.717, 1.165) is 22.5 Å². The topological polar surface area (TPSA) is 25.8 Å². The van der Waals surface area contributed by atoms with Crippen LogP contribution in [-0.2, 0) is 20.1 Å². The zero-order valence-electron chi connectivity index (χ0n) is 16.5. The van der Waals surface area contributed by atoms with Crippen molar-refractivity contribution in [2.24, 2.45) is 0 Å². The van der Waals surface area contributed by atoms with Crippen LogP contribution in [0.2, 0.25) is 0 Å². The van der Waals surface area contributed by atoms with Crippen molar-refractivity contribution >= 4 is 10.8 Å². The van der Waals surface area contributed by atoms with Crippen molar-refractivity contribution in [1.29, 1.82) is 0 Å². The molecule has 0 fully saturated rings. The van der Waals surface area contributed by atoms with Crippen molar-refractivity contribution in [2.45, 2.75) is 6.92 Å². The molecule has 2 nitrogen and oxygen atoms in total. The van der Waals surface area contributed by atoms with Crippen LogP contribution in [0.25, 0.3) is 33.3 Å². The van der Waals surface area contributed by atoms with E-state index in [2.05, 4.69) is 47.2 Å². The van der Waals surface area contributed by atoms with E-state index < -0.39 is 0 Å². The van der Waals surface area contributed by atoms with Gasteiger partial charge in [-0.15, -0.1) is 71.8 Å². The van der Waals surface area contributed by atoms with E-state index in [1.54, 1.807) is 0 Å². The number of nitrogens with zero attached hydrogens (tertiary/aromatic N) is 2. The summed E-state index contributed by atoms with van der Waals surface area (Å²) in [4.78, 5) is 8.76. The maximum Gasteiger partial charge on any atom is 0.0167 e. The van der Waals surface area contributed by atoms with E-state index in [-0.39, 0.29) is 20.1 Å². The van der Waals surface area contributed by atoms with Crippen LogP contribution in [0.5, 0.6) is 0 Å². The monoisotopic (exact) mass is 565 g/mol. The fraction of sp³-hybridized carbons (Fsp3) is 0.0370. The van der Waals surface area contributed by atoms with Crippen LogP contribution in [0.1, 0.15) is 5.56 Å². The minimum Gasteiger partial charge on any atom is -0.304 e. The van der Waals surface area contributed by atoms with Gasteiger partial charge < -0.3 is 9.97 Å². The second kappa shape index (κ2) is 10.6. The van der Waals surface area contributed by atoms with E-state index in [0.29, 0.717) is 0 Å². The van der Waals surface area contributed by atoms with E-state index in [4.69, 9.17) is 0 Å². The normalized spacial score (nSPS) is 9.90. The van der Waals surface area contributed by atoms with Crippen molar-refractivity contribution in [3.8, 4) is 22.5 Å². The molecule has 0 atom stereocenters. The summed E-state index contributed by atoms with van der Waals surface area (Å²) in [6.07, 6.45) is 3.65. The smallest absolute Gasteiger partial charge is 0.0167 e. The average molecular weight is 565 g/mol. The number of hydrogen-bond acceptors (Lipinski definition) is 2. The number of aromatic nitrogens is 2. The van der Waals surface area contributed by atoms with Gasteiger partial charge in [-0.05, 0) is 41.2 Å². The van der Waals surface area contributed by atoms with Crippen LogP contribution < -0.4 is 0 Å². The first-order valence-corrected chi connectivity index (χ1v) is 9.52. The molecule has 3 aromatic carbocycles. The molecular weight excluding hydrogens is 545 g/mol. The maximum absolute atomic E-state index is 4.45. The summed E-state index contributed by atoms with van der Waals surface area (Å²) in [5, 5.41) is 2.39. The largest absolute Gasteiger partial charge is 0.304 e. The van der Waals surface area contributed by atoms with Gasteiger partial charge in [0.25, 0.3) is 0 Å². The van der Waals surface area contributed by atoms with Gasteiger partial charge in [0.05, 0.1) is 0 Å². The fourth-order valence-electron chi connectivity index (χ4n) is 3.18. The molecule has 0 saturated heterocycles. The number of fused-ring (bicyclic) bond motifs is 1. The molecule has 3 heteroatoms. The Bertz CT molecular complexity index is 1200. The van der Waals surface area contributed by atoms with Gasteiger partial charge in [0.1, 0.15) is 0 Å². The summed E-state index contributed by atoms with van der Waals surface area (Å²) in [6.45, 7) is 2.06. The molecule has 0 aliphatic rings. The molecule has 0 bridgehead atoms. The zero-order valence-corrected chi connectivity index (χ0v) is 18.9. The number of aryl methyl sites for hydroxylation is 1. The van der Waals surface area contributed by atoms with Crippen LogP contribution in [-0.4, -0.2) is 9.97 Å². The predicted molar refractivity (Wildman–Crippen MR) is 119 cm³/mol. The molecule has 0 aliphatic carbocycles. The maximum atomic E-state index is 4.45. The summed E-state index contributed by atoms with van der Waals surface area (Å²) >= 11 is 0. The molecule has 1 radical (unpaired) electrons. The Morgan fingerprint density at radius 2 is 1.23 bits per heavy atom. The van der Waals surface area contributed by atoms with Crippen LogP contribution >= 0.6 is 0 Å². The minimum absolute atomic E-state index is 0. The average Bonchev–Trinajstić information content (AvgIpc) is 2.81. The van der Waals surface area contributed by atoms with E-state index in [1.165, 1.54) is 16.3 Å². The van der Waals surface area contributed by atoms with Gasteiger partial charge in [-0.2, -0.15) is 0 Å². The Balaban J connectivity index is 0.000000169. The van der Waals surface area contributed by atoms with Crippen molar-refractivity contribution in [3.63, 3.8) is 0 Å². The summed E-state index contributed by atoms with van der Waals surface area (Å²) in [7, 11) is 0. The molecule has 0 N–H and O–H groups in total. The summed E-state index contributed by atoms with van der Waals surface area (Å²) < 4.78 is 0. The van der Waals surface area contributed by atoms with E-state index in [9.17, 15) is 0 Å². The standard InChI is InChI=1S/C15H10N.C12H10N.Ir/c1-2-7-13(8-3-1)15-14-9-5-4-6-12(14)10-11-16-15;1-10-6-5-9-13-12(10)11-7-3-2-4-8-11;/h1-7,9-11H;2-7,9H,1H3;/q2*-1;. The van der Waals surface area contributed by atoms with Gasteiger partial charge in [0.15, 0.2) is 0 Å². The molecule has 0 amide bonds. The molecule has 5 aromatic rings. The Hall–Kier alpha value is -3.13. The third kappa shape index (κ3) is 5.07. The van der Waals surface area contributed by atoms with Gasteiger partial charge in [-0.1, -0.05) is 35.9 Å². The molecule has 30 heavy (non-hydrogen) atoms. The molecule has 5 rings (SSSR count). The van der Waals surface area contributed by atoms with Gasteiger partial charge in [-0.3, -0.25) is 0 Å². The Kier molecular flexibility index (Phi) is 7.62. The van der Waals surface area contributed by atoms with Crippen LogP contribution in [0.4, 0.5) is 0 Å². The van der Waals surface area contributed by atoms with Gasteiger partial charge >= 0.3 is 0 Å². The van der Waals surface area contributed by atoms with E-state index in [1.807, 2.05) is 85.2 Å². The van der Waals surface area contributed by atoms with Crippen molar-refractivity contribution in [3.05, 3.63) is 121 Å². The molecular formula is C27H20IrN2-2. The number of benzene rings is 3. The second-order valence-electron chi connectivity index (χ2n) is 6.60. The fourth-order valence-corrected chi connectivity index (χ4v) is 3.18. The molecule has 149 valence electrons. The first-order chi connectivity index (χ1) is 14.3. The molecule has 0 spiro atoms. The van der Waals surface area contributed by atoms with Crippen LogP contribution in [0.15, 0.2) is 103 Å². The third-order valence-corrected chi connectivity index (χ3v) is 4.61. The summed E-state index contributed by atoms with van der Waals surface area (Å²) in [5.74, 6) is 0. The van der Waals surface area contributed by atoms with E-state index >= 15 is 0 Å². The molecule has 0 saturated carbocycles. The molecule has 2 aromatic heterocycles. The van der Waals surface area contributed by atoms with Crippen LogP contribution in [0, 0.1) is 19.1 Å². The molecule has 0 aliphatic heterocycles. The molecule has 0 unspecified atom stereocenters. The SMILES string of the molecule is Cc1cccnc1-c1[c-]cccc1.[Ir].[c-]1ccccc1-c1nccc2ccccc12. The quantitative estimate of drug-likeness (QED) is 0.227. The third-order valence-electron chi connectivity index (χ3n) is 4.61. The molecule has 2 heterocycles. The summed E-state index contributed by atoms with van der Waals surface area (Å²) in [6, 6.07) is 36.5. The van der Waals surface area contributed by atoms with Gasteiger partial charge in [0, 0.05) is 32.5 Å². The van der Waals surface area contributed by atoms with Crippen LogP contribution in [0.3, 0.4) is 0 Å². The Morgan fingerprint density at radius 3 is 1.90 bits per heavy atom. The Morgan fingerprint density at radius 1 is 0.600 bits per heavy atom. The number of pyridine rings is 2. The summed E-state index contributed by atoms with van der Waals surface area (Å²) in [5.41, 5.74) is 5.30.